The van der Waals surface area contributed by atoms with Crippen molar-refractivity contribution in [2.75, 3.05) is 23.5 Å². The van der Waals surface area contributed by atoms with Gasteiger partial charge in [-0.25, -0.2) is 4.98 Å². The zero-order valence-corrected chi connectivity index (χ0v) is 16.7. The predicted octanol–water partition coefficient (Wildman–Crippen LogP) is 3.22. The van der Waals surface area contributed by atoms with E-state index < -0.39 is 0 Å². The van der Waals surface area contributed by atoms with Gasteiger partial charge in [-0.15, -0.1) is 0 Å². The van der Waals surface area contributed by atoms with Crippen molar-refractivity contribution in [2.45, 2.75) is 44.8 Å². The summed E-state index contributed by atoms with van der Waals surface area (Å²) in [6.45, 7) is 6.02. The molecule has 0 spiro atoms. The number of anilines is 2. The first-order valence-electron chi connectivity index (χ1n) is 8.58. The van der Waals surface area contributed by atoms with Crippen molar-refractivity contribution in [3.63, 3.8) is 0 Å². The number of aromatic nitrogens is 2. The van der Waals surface area contributed by atoms with Gasteiger partial charge in [-0.2, -0.15) is 0 Å². The van der Waals surface area contributed by atoms with Gasteiger partial charge in [0.25, 0.3) is 5.56 Å². The van der Waals surface area contributed by atoms with E-state index in [1.165, 1.54) is 11.8 Å². The van der Waals surface area contributed by atoms with Crippen molar-refractivity contribution in [1.29, 1.82) is 0 Å². The lowest BCUT2D eigenvalue weighted by Crippen LogP contribution is -2.25. The summed E-state index contributed by atoms with van der Waals surface area (Å²) in [5.41, 5.74) is 2.86. The highest BCUT2D eigenvalue weighted by atomic mass is 32.2. The molecule has 26 heavy (non-hydrogen) atoms. The molecule has 0 saturated carbocycles. The van der Waals surface area contributed by atoms with Crippen LogP contribution in [0.25, 0.3) is 0 Å². The molecular weight excluding hydrogens is 348 g/mol. The van der Waals surface area contributed by atoms with Crippen LogP contribution in [0, 0.1) is 6.92 Å². The van der Waals surface area contributed by atoms with Crippen molar-refractivity contribution >= 4 is 29.0 Å². The zero-order chi connectivity index (χ0) is 19.3. The number of amides is 1. The molecule has 0 unspecified atom stereocenters. The van der Waals surface area contributed by atoms with E-state index in [1.807, 2.05) is 37.6 Å². The Kier molecular flexibility index (Phi) is 6.85. The standard InChI is InChI=1S/C19H26N4O2S/c1-12(2)23(4)15-8-6-7-14(11-15)21-17(24)10-9-16-13(3)20-19(26-5)22-18(16)25/h6-8,11-12H,9-10H2,1-5H3,(H,21,24)(H,20,22,25). The lowest BCUT2D eigenvalue weighted by molar-refractivity contribution is -0.116. The normalized spacial score (nSPS) is 10.8. The van der Waals surface area contributed by atoms with Crippen LogP contribution in [0.5, 0.6) is 0 Å². The minimum atomic E-state index is -0.171. The molecule has 0 radical (unpaired) electrons. The third-order valence-corrected chi connectivity index (χ3v) is 4.89. The van der Waals surface area contributed by atoms with Gasteiger partial charge in [0, 0.05) is 42.1 Å². The number of hydrogen-bond donors (Lipinski definition) is 2. The number of carbonyl (C=O) groups is 1. The highest BCUT2D eigenvalue weighted by Gasteiger charge is 2.11. The number of aryl methyl sites for hydroxylation is 1. The van der Waals surface area contributed by atoms with Crippen LogP contribution in [0.3, 0.4) is 0 Å². The molecule has 0 aliphatic heterocycles. The molecule has 1 aromatic carbocycles. The number of hydrogen-bond acceptors (Lipinski definition) is 5. The largest absolute Gasteiger partial charge is 0.372 e. The molecule has 2 aromatic rings. The third kappa shape index (κ3) is 5.11. The van der Waals surface area contributed by atoms with E-state index in [-0.39, 0.29) is 17.9 Å². The van der Waals surface area contributed by atoms with Crippen LogP contribution in [0.1, 0.15) is 31.5 Å². The molecule has 0 fully saturated rings. The van der Waals surface area contributed by atoms with Gasteiger partial charge in [0.15, 0.2) is 5.16 Å². The summed E-state index contributed by atoms with van der Waals surface area (Å²) >= 11 is 1.39. The lowest BCUT2D eigenvalue weighted by Gasteiger charge is -2.24. The van der Waals surface area contributed by atoms with Gasteiger partial charge in [0.1, 0.15) is 0 Å². The maximum Gasteiger partial charge on any atom is 0.254 e. The monoisotopic (exact) mass is 374 g/mol. The van der Waals surface area contributed by atoms with E-state index in [4.69, 9.17) is 0 Å². The third-order valence-electron chi connectivity index (χ3n) is 4.31. The van der Waals surface area contributed by atoms with E-state index in [0.717, 1.165) is 11.4 Å². The topological polar surface area (TPSA) is 78.1 Å². The summed E-state index contributed by atoms with van der Waals surface area (Å²) in [5, 5.41) is 3.50. The lowest BCUT2D eigenvalue weighted by atomic mass is 10.1. The van der Waals surface area contributed by atoms with Crippen molar-refractivity contribution in [3.8, 4) is 0 Å². The summed E-state index contributed by atoms with van der Waals surface area (Å²) in [4.78, 5) is 33.6. The van der Waals surface area contributed by atoms with Gasteiger partial charge in [0.05, 0.1) is 0 Å². The Balaban J connectivity index is 2.02. The van der Waals surface area contributed by atoms with E-state index in [0.29, 0.717) is 28.9 Å². The van der Waals surface area contributed by atoms with Crippen LogP contribution in [0.4, 0.5) is 11.4 Å². The molecule has 0 aliphatic carbocycles. The summed E-state index contributed by atoms with van der Waals surface area (Å²) in [5.74, 6) is -0.123. The minimum absolute atomic E-state index is 0.123. The first kappa shape index (κ1) is 20.0. The maximum atomic E-state index is 12.3. The highest BCUT2D eigenvalue weighted by molar-refractivity contribution is 7.98. The first-order valence-corrected chi connectivity index (χ1v) is 9.80. The van der Waals surface area contributed by atoms with Crippen LogP contribution in [0.15, 0.2) is 34.2 Å². The second kappa shape index (κ2) is 8.89. The first-order chi connectivity index (χ1) is 12.3. The smallest absolute Gasteiger partial charge is 0.254 e. The summed E-state index contributed by atoms with van der Waals surface area (Å²) in [6.07, 6.45) is 2.45. The molecule has 2 N–H and O–H groups in total. The molecule has 1 amide bonds. The van der Waals surface area contributed by atoms with Gasteiger partial charge in [-0.1, -0.05) is 17.8 Å². The maximum absolute atomic E-state index is 12.3. The minimum Gasteiger partial charge on any atom is -0.372 e. The van der Waals surface area contributed by atoms with Crippen LogP contribution in [0.2, 0.25) is 0 Å². The van der Waals surface area contributed by atoms with Gasteiger partial charge < -0.3 is 15.2 Å². The van der Waals surface area contributed by atoms with Crippen LogP contribution >= 0.6 is 11.8 Å². The van der Waals surface area contributed by atoms with E-state index in [2.05, 4.69) is 34.0 Å². The van der Waals surface area contributed by atoms with Gasteiger partial charge in [-0.3, -0.25) is 9.59 Å². The molecule has 7 heteroatoms. The molecule has 2 rings (SSSR count). The van der Waals surface area contributed by atoms with Crippen LogP contribution in [-0.4, -0.2) is 35.2 Å². The number of thioether (sulfide) groups is 1. The number of benzene rings is 1. The molecule has 0 aliphatic rings. The zero-order valence-electron chi connectivity index (χ0n) is 15.9. The van der Waals surface area contributed by atoms with Gasteiger partial charge in [-0.05, 0) is 51.6 Å². The Hall–Kier alpha value is -2.28. The highest BCUT2D eigenvalue weighted by Crippen LogP contribution is 2.20. The van der Waals surface area contributed by atoms with E-state index >= 15 is 0 Å². The molecule has 6 nitrogen and oxygen atoms in total. The summed E-state index contributed by atoms with van der Waals surface area (Å²) < 4.78 is 0. The van der Waals surface area contributed by atoms with Crippen molar-refractivity contribution < 1.29 is 4.79 Å². The van der Waals surface area contributed by atoms with Crippen molar-refractivity contribution in [3.05, 3.63) is 45.9 Å². The fourth-order valence-corrected chi connectivity index (χ4v) is 2.96. The summed E-state index contributed by atoms with van der Waals surface area (Å²) in [7, 11) is 2.02. The number of rotatable bonds is 7. The molecule has 1 heterocycles. The van der Waals surface area contributed by atoms with Gasteiger partial charge >= 0.3 is 0 Å². The number of nitrogens with zero attached hydrogens (tertiary/aromatic N) is 2. The Morgan fingerprint density at radius 2 is 2.12 bits per heavy atom. The molecule has 1 aromatic heterocycles. The fourth-order valence-electron chi connectivity index (χ4n) is 2.54. The number of carbonyl (C=O) groups excluding carboxylic acids is 1. The van der Waals surface area contributed by atoms with Crippen LogP contribution < -0.4 is 15.8 Å². The van der Waals surface area contributed by atoms with E-state index in [1.54, 1.807) is 6.92 Å². The second-order valence-electron chi connectivity index (χ2n) is 6.44. The van der Waals surface area contributed by atoms with Crippen LogP contribution in [-0.2, 0) is 11.2 Å². The molecular formula is C19H26N4O2S. The average molecular weight is 375 g/mol. The Labute approximate surface area is 158 Å². The Morgan fingerprint density at radius 3 is 2.73 bits per heavy atom. The SMILES string of the molecule is CSc1nc(C)c(CCC(=O)Nc2cccc(N(C)C(C)C)c2)c(=O)[nH]1. The Morgan fingerprint density at radius 1 is 1.38 bits per heavy atom. The molecule has 0 saturated heterocycles. The average Bonchev–Trinajstić information content (AvgIpc) is 2.60. The molecule has 140 valence electrons. The fraction of sp³-hybridized carbons (Fsp3) is 0.421. The van der Waals surface area contributed by atoms with Crippen molar-refractivity contribution in [2.24, 2.45) is 0 Å². The number of aromatic amines is 1. The predicted molar refractivity (Wildman–Crippen MR) is 108 cm³/mol. The molecule has 0 atom stereocenters. The molecule has 0 bridgehead atoms. The quantitative estimate of drug-likeness (QED) is 0.575. The summed E-state index contributed by atoms with van der Waals surface area (Å²) in [6, 6.07) is 8.11. The number of nitrogens with one attached hydrogen (secondary N) is 2. The second-order valence-corrected chi connectivity index (χ2v) is 7.24. The number of H-pyrrole nitrogens is 1. The van der Waals surface area contributed by atoms with Gasteiger partial charge in [0.2, 0.25) is 5.91 Å². The Bertz CT molecular complexity index is 833. The van der Waals surface area contributed by atoms with Crippen molar-refractivity contribution in [1.82, 2.24) is 9.97 Å². The van der Waals surface area contributed by atoms with E-state index in [9.17, 15) is 9.59 Å².